The van der Waals surface area contributed by atoms with Gasteiger partial charge in [0.25, 0.3) is 5.91 Å². The highest BCUT2D eigenvalue weighted by Crippen LogP contribution is 2.34. The van der Waals surface area contributed by atoms with E-state index in [0.29, 0.717) is 13.1 Å². The van der Waals surface area contributed by atoms with Crippen LogP contribution < -0.4 is 10.4 Å². The van der Waals surface area contributed by atoms with Crippen molar-refractivity contribution in [2.75, 3.05) is 20.2 Å². The van der Waals surface area contributed by atoms with Crippen molar-refractivity contribution in [3.8, 4) is 5.75 Å². The summed E-state index contributed by atoms with van der Waals surface area (Å²) >= 11 is 0. The minimum absolute atomic E-state index is 0.000682. The number of amides is 1. The molecule has 2 aromatic rings. The molecule has 1 aliphatic carbocycles. The number of benzene rings is 1. The molecular formula is C22H30N4O3. The maximum Gasteiger partial charge on any atom is 0.345 e. The van der Waals surface area contributed by atoms with Crippen LogP contribution in [-0.2, 0) is 7.05 Å². The van der Waals surface area contributed by atoms with Crippen molar-refractivity contribution in [1.29, 1.82) is 0 Å². The highest BCUT2D eigenvalue weighted by molar-refractivity contribution is 5.95. The van der Waals surface area contributed by atoms with Crippen LogP contribution >= 0.6 is 0 Å². The van der Waals surface area contributed by atoms with Crippen LogP contribution in [0.2, 0.25) is 0 Å². The largest absolute Gasteiger partial charge is 0.497 e. The molecule has 1 aliphatic heterocycles. The fourth-order valence-electron chi connectivity index (χ4n) is 4.80. The molecule has 7 nitrogen and oxygen atoms in total. The molecule has 2 heterocycles. The molecule has 1 saturated carbocycles. The lowest BCUT2D eigenvalue weighted by Crippen LogP contribution is -2.39. The van der Waals surface area contributed by atoms with Crippen molar-refractivity contribution in [1.82, 2.24) is 19.2 Å². The Morgan fingerprint density at radius 1 is 1.14 bits per heavy atom. The van der Waals surface area contributed by atoms with Crippen LogP contribution in [0.15, 0.2) is 23.0 Å². The average Bonchev–Trinajstić information content (AvgIpc) is 3.36. The molecule has 4 rings (SSSR count). The van der Waals surface area contributed by atoms with E-state index in [1.165, 1.54) is 17.5 Å². The molecule has 0 N–H and O–H groups in total. The maximum absolute atomic E-state index is 13.0. The van der Waals surface area contributed by atoms with E-state index in [1.54, 1.807) is 14.2 Å². The number of ether oxygens (including phenoxy) is 1. The Bertz CT molecular complexity index is 947. The molecule has 0 spiro atoms. The summed E-state index contributed by atoms with van der Waals surface area (Å²) in [6, 6.07) is 5.86. The normalized spacial score (nSPS) is 18.4. The van der Waals surface area contributed by atoms with Gasteiger partial charge in [-0.2, -0.15) is 5.10 Å². The molecule has 1 aromatic heterocycles. The Morgan fingerprint density at radius 3 is 2.45 bits per heavy atom. The first-order valence-corrected chi connectivity index (χ1v) is 10.6. The van der Waals surface area contributed by atoms with Crippen LogP contribution in [0.3, 0.4) is 0 Å². The van der Waals surface area contributed by atoms with E-state index in [1.807, 2.05) is 34.6 Å². The molecule has 0 unspecified atom stereocenters. The topological polar surface area (TPSA) is 69.4 Å². The predicted molar refractivity (Wildman–Crippen MR) is 111 cm³/mol. The van der Waals surface area contributed by atoms with Crippen molar-refractivity contribution < 1.29 is 9.53 Å². The third-order valence-electron chi connectivity index (χ3n) is 6.48. The number of carbonyl (C=O) groups is 1. The van der Waals surface area contributed by atoms with E-state index in [2.05, 4.69) is 5.10 Å². The minimum atomic E-state index is -0.000682. The summed E-state index contributed by atoms with van der Waals surface area (Å²) < 4.78 is 8.67. The number of aryl methyl sites for hydroxylation is 2. The van der Waals surface area contributed by atoms with Crippen LogP contribution in [0.5, 0.6) is 5.75 Å². The van der Waals surface area contributed by atoms with E-state index >= 15 is 0 Å². The van der Waals surface area contributed by atoms with Gasteiger partial charge in [0.05, 0.1) is 7.11 Å². The van der Waals surface area contributed by atoms with Gasteiger partial charge in [-0.15, -0.1) is 0 Å². The quantitative estimate of drug-likeness (QED) is 0.794. The first kappa shape index (κ1) is 19.7. The Morgan fingerprint density at radius 2 is 1.83 bits per heavy atom. The minimum Gasteiger partial charge on any atom is -0.497 e. The van der Waals surface area contributed by atoms with Crippen LogP contribution in [0.4, 0.5) is 0 Å². The van der Waals surface area contributed by atoms with Crippen LogP contribution in [0.25, 0.3) is 0 Å². The second kappa shape index (κ2) is 8.05. The molecule has 0 bridgehead atoms. The SMILES string of the molecule is COc1ccc(C(=O)N2CCC(c3nn(C)c(=O)n3C3CCCC3)CC2)c(C)c1. The zero-order chi connectivity index (χ0) is 20.5. The lowest BCUT2D eigenvalue weighted by molar-refractivity contribution is 0.0709. The fourth-order valence-corrected chi connectivity index (χ4v) is 4.80. The number of likely N-dealkylation sites (tertiary alicyclic amines) is 1. The molecule has 156 valence electrons. The van der Waals surface area contributed by atoms with Gasteiger partial charge in [-0.3, -0.25) is 9.36 Å². The number of piperidine rings is 1. The Balaban J connectivity index is 1.48. The second-order valence-corrected chi connectivity index (χ2v) is 8.32. The van der Waals surface area contributed by atoms with E-state index in [9.17, 15) is 9.59 Å². The Kier molecular flexibility index (Phi) is 5.48. The number of aromatic nitrogens is 3. The van der Waals surface area contributed by atoms with Crippen LogP contribution in [0, 0.1) is 6.92 Å². The molecule has 0 radical (unpaired) electrons. The van der Waals surface area contributed by atoms with Gasteiger partial charge in [0, 0.05) is 37.7 Å². The van der Waals surface area contributed by atoms with E-state index < -0.39 is 0 Å². The molecular weight excluding hydrogens is 368 g/mol. The molecule has 1 aromatic carbocycles. The van der Waals surface area contributed by atoms with Crippen molar-refractivity contribution in [2.45, 2.75) is 57.4 Å². The smallest absolute Gasteiger partial charge is 0.345 e. The summed E-state index contributed by atoms with van der Waals surface area (Å²) in [6.45, 7) is 3.31. The van der Waals surface area contributed by atoms with Crippen molar-refractivity contribution in [3.63, 3.8) is 0 Å². The van der Waals surface area contributed by atoms with Gasteiger partial charge in [-0.25, -0.2) is 9.48 Å². The summed E-state index contributed by atoms with van der Waals surface area (Å²) in [5.41, 5.74) is 1.65. The second-order valence-electron chi connectivity index (χ2n) is 8.32. The highest BCUT2D eigenvalue weighted by atomic mass is 16.5. The number of rotatable bonds is 4. The molecule has 29 heavy (non-hydrogen) atoms. The summed E-state index contributed by atoms with van der Waals surface area (Å²) in [5.74, 6) is 1.97. The summed E-state index contributed by atoms with van der Waals surface area (Å²) in [4.78, 5) is 27.6. The van der Waals surface area contributed by atoms with Gasteiger partial charge in [0.1, 0.15) is 11.6 Å². The summed E-state index contributed by atoms with van der Waals surface area (Å²) in [5, 5.41) is 4.59. The van der Waals surface area contributed by atoms with E-state index in [-0.39, 0.29) is 23.6 Å². The zero-order valence-corrected chi connectivity index (χ0v) is 17.6. The summed E-state index contributed by atoms with van der Waals surface area (Å²) in [6.07, 6.45) is 6.16. The Labute approximate surface area is 171 Å². The van der Waals surface area contributed by atoms with E-state index in [4.69, 9.17) is 4.74 Å². The number of hydrogen-bond acceptors (Lipinski definition) is 4. The fraction of sp³-hybridized carbons (Fsp3) is 0.591. The lowest BCUT2D eigenvalue weighted by Gasteiger charge is -2.32. The highest BCUT2D eigenvalue weighted by Gasteiger charge is 2.31. The zero-order valence-electron chi connectivity index (χ0n) is 17.6. The summed E-state index contributed by atoms with van der Waals surface area (Å²) in [7, 11) is 3.37. The number of hydrogen-bond donors (Lipinski definition) is 0. The molecule has 7 heteroatoms. The van der Waals surface area contributed by atoms with Crippen LogP contribution in [-0.4, -0.2) is 45.4 Å². The third-order valence-corrected chi connectivity index (χ3v) is 6.48. The maximum atomic E-state index is 13.0. The molecule has 1 saturated heterocycles. The van der Waals surface area contributed by atoms with Gasteiger partial charge >= 0.3 is 5.69 Å². The van der Waals surface area contributed by atoms with Crippen molar-refractivity contribution in [2.24, 2.45) is 7.05 Å². The van der Waals surface area contributed by atoms with Crippen LogP contribution in [0.1, 0.15) is 72.2 Å². The van der Waals surface area contributed by atoms with E-state index in [0.717, 1.165) is 48.4 Å². The Hall–Kier alpha value is -2.57. The monoisotopic (exact) mass is 398 g/mol. The number of methoxy groups -OCH3 is 1. The predicted octanol–water partition coefficient (Wildman–Crippen LogP) is 3.03. The number of carbonyl (C=O) groups excluding carboxylic acids is 1. The molecule has 2 aliphatic rings. The number of nitrogens with zero attached hydrogens (tertiary/aromatic N) is 4. The van der Waals surface area contributed by atoms with Gasteiger partial charge in [0.15, 0.2) is 0 Å². The first-order valence-electron chi connectivity index (χ1n) is 10.6. The van der Waals surface area contributed by atoms with Gasteiger partial charge < -0.3 is 9.64 Å². The molecule has 2 fully saturated rings. The van der Waals surface area contributed by atoms with Gasteiger partial charge in [-0.1, -0.05) is 12.8 Å². The van der Waals surface area contributed by atoms with Gasteiger partial charge in [-0.05, 0) is 56.4 Å². The first-order chi connectivity index (χ1) is 14.0. The van der Waals surface area contributed by atoms with Crippen molar-refractivity contribution >= 4 is 5.91 Å². The van der Waals surface area contributed by atoms with Crippen molar-refractivity contribution in [3.05, 3.63) is 45.6 Å². The standard InChI is InChI=1S/C22H30N4O3/c1-15-14-18(29-3)8-9-19(15)21(27)25-12-10-16(11-13-25)20-23-24(2)22(28)26(20)17-6-4-5-7-17/h8-9,14,16-17H,4-7,10-13H2,1-3H3. The third kappa shape index (κ3) is 3.70. The lowest BCUT2D eigenvalue weighted by atomic mass is 9.94. The molecule has 0 atom stereocenters. The van der Waals surface area contributed by atoms with Gasteiger partial charge in [0.2, 0.25) is 0 Å². The average molecular weight is 399 g/mol. The molecule has 1 amide bonds.